The van der Waals surface area contributed by atoms with E-state index < -0.39 is 27.7 Å². The third-order valence-corrected chi connectivity index (χ3v) is 10.3. The highest BCUT2D eigenvalue weighted by Gasteiger charge is 2.53. The lowest BCUT2D eigenvalue weighted by atomic mass is 9.49. The number of benzene rings is 2. The van der Waals surface area contributed by atoms with Crippen molar-refractivity contribution in [2.75, 3.05) is 10.0 Å². The van der Waals surface area contributed by atoms with Gasteiger partial charge in [-0.05, 0) is 93.0 Å². The van der Waals surface area contributed by atoms with Crippen LogP contribution in [0.3, 0.4) is 0 Å². The monoisotopic (exact) mass is 627 g/mol. The van der Waals surface area contributed by atoms with Gasteiger partial charge in [-0.25, -0.2) is 12.8 Å². The van der Waals surface area contributed by atoms with Crippen molar-refractivity contribution in [1.82, 2.24) is 15.4 Å². The zero-order valence-electron chi connectivity index (χ0n) is 23.9. The summed E-state index contributed by atoms with van der Waals surface area (Å²) in [6.07, 6.45) is 6.84. The van der Waals surface area contributed by atoms with Crippen LogP contribution in [-0.4, -0.2) is 29.5 Å². The first-order valence-corrected chi connectivity index (χ1v) is 16.3. The van der Waals surface area contributed by atoms with Crippen LogP contribution in [0.1, 0.15) is 62.9 Å². The number of anilines is 3. The van der Waals surface area contributed by atoms with E-state index in [0.717, 1.165) is 42.8 Å². The van der Waals surface area contributed by atoms with Crippen LogP contribution in [0.5, 0.6) is 5.75 Å². The normalized spacial score (nSPS) is 24.9. The number of ether oxygens (including phenoxy) is 1. The van der Waals surface area contributed by atoms with Gasteiger partial charge in [0, 0.05) is 23.1 Å². The van der Waals surface area contributed by atoms with Gasteiger partial charge in [0.05, 0.1) is 11.4 Å². The summed E-state index contributed by atoms with van der Waals surface area (Å²) < 4.78 is 77.4. The van der Waals surface area contributed by atoms with Gasteiger partial charge in [-0.2, -0.15) is 13.9 Å². The van der Waals surface area contributed by atoms with Crippen molar-refractivity contribution in [3.8, 4) is 17.0 Å². The molecule has 0 amide bonds. The van der Waals surface area contributed by atoms with Gasteiger partial charge < -0.3 is 14.6 Å². The fraction of sp³-hybridized carbons (Fsp3) is 0.419. The number of aromatic amines is 1. The molecule has 4 saturated carbocycles. The van der Waals surface area contributed by atoms with E-state index in [-0.39, 0.29) is 16.9 Å². The molecule has 9 nitrogen and oxygen atoms in total. The van der Waals surface area contributed by atoms with Crippen LogP contribution < -0.4 is 14.8 Å². The Hall–Kier alpha value is -4.00. The predicted octanol–water partition coefficient (Wildman–Crippen LogP) is 7.52. The molecule has 2 aromatic heterocycles. The number of H-pyrrole nitrogens is 1. The molecular weight excluding hydrogens is 595 g/mol. The van der Waals surface area contributed by atoms with Gasteiger partial charge in [0.1, 0.15) is 23.4 Å². The highest BCUT2D eigenvalue weighted by Crippen LogP contribution is 2.60. The van der Waals surface area contributed by atoms with Crippen LogP contribution in [0.2, 0.25) is 0 Å². The molecule has 4 aromatic rings. The van der Waals surface area contributed by atoms with Gasteiger partial charge >= 0.3 is 5.76 Å². The van der Waals surface area contributed by atoms with Crippen LogP contribution in [0, 0.1) is 23.6 Å². The van der Waals surface area contributed by atoms with Crippen molar-refractivity contribution in [2.45, 2.75) is 62.7 Å². The first-order valence-electron chi connectivity index (χ1n) is 14.7. The molecule has 13 heteroatoms. The molecule has 44 heavy (non-hydrogen) atoms. The summed E-state index contributed by atoms with van der Waals surface area (Å²) in [5, 5.41) is 14.7. The maximum absolute atomic E-state index is 13.4. The number of hydrogen-bond acceptors (Lipinski definition) is 7. The van der Waals surface area contributed by atoms with E-state index in [4.69, 9.17) is 9.26 Å². The van der Waals surface area contributed by atoms with Gasteiger partial charge in [-0.3, -0.25) is 9.82 Å². The maximum Gasteiger partial charge on any atom is 0.355 e. The third kappa shape index (κ3) is 5.53. The number of halogens is 3. The number of hydrogen-bond donors (Lipinski definition) is 3. The second-order valence-electron chi connectivity index (χ2n) is 12.5. The fourth-order valence-corrected chi connectivity index (χ4v) is 8.29. The summed E-state index contributed by atoms with van der Waals surface area (Å²) in [6, 6.07) is 13.7. The molecule has 4 aliphatic rings. The smallest absolute Gasteiger partial charge is 0.355 e. The average molecular weight is 628 g/mol. The first-order chi connectivity index (χ1) is 21.0. The molecule has 4 fully saturated rings. The molecule has 4 bridgehead atoms. The second kappa shape index (κ2) is 10.9. The van der Waals surface area contributed by atoms with E-state index in [1.54, 1.807) is 19.1 Å². The van der Waals surface area contributed by atoms with Gasteiger partial charge in [-0.15, -0.1) is 0 Å². The molecule has 0 spiro atoms. The Morgan fingerprint density at radius 1 is 0.977 bits per heavy atom. The van der Waals surface area contributed by atoms with Crippen LogP contribution in [0.25, 0.3) is 11.3 Å². The summed E-state index contributed by atoms with van der Waals surface area (Å²) in [7, 11) is -4.96. The quantitative estimate of drug-likeness (QED) is 0.166. The summed E-state index contributed by atoms with van der Waals surface area (Å²) in [5.41, 5.74) is 1.63. The highest BCUT2D eigenvalue weighted by atomic mass is 32.2. The molecule has 0 aliphatic heterocycles. The van der Waals surface area contributed by atoms with Gasteiger partial charge in [-0.1, -0.05) is 23.4 Å². The SMILES string of the molecule is C[C@H](Oc1cc(-c2cc(Nc3cc(C45CC6CC(CC(C6)C4)C5)on3)n[nH]2)ccc1NS(=O)(=O)C(F)F)c1ccc(F)cc1. The molecule has 1 atom stereocenters. The molecular formula is C31H32F3N5O4S. The minimum atomic E-state index is -4.96. The maximum atomic E-state index is 13.4. The highest BCUT2D eigenvalue weighted by molar-refractivity contribution is 7.93. The van der Waals surface area contributed by atoms with Gasteiger partial charge in [0.2, 0.25) is 0 Å². The average Bonchev–Trinajstić information content (AvgIpc) is 3.64. The Morgan fingerprint density at radius 3 is 2.32 bits per heavy atom. The molecule has 232 valence electrons. The van der Waals surface area contributed by atoms with Gasteiger partial charge in [0.25, 0.3) is 10.0 Å². The third-order valence-electron chi connectivity index (χ3n) is 9.33. The Balaban J connectivity index is 1.11. The standard InChI is InChI=1S/C31H32F3N5O4S/c1-17(21-2-5-23(32)6-3-21)42-26-11-22(4-7-24(26)39-44(40,41)30(33)34)25-12-28(37-36-25)35-29-13-27(43-38-29)31-14-18-8-19(15-31)10-20(9-18)16-31/h2-7,11-13,17-20,30,39H,8-10,14-16H2,1H3,(H2,35,36,37,38)/t17-,18?,19?,20?,31?/m0/s1. The van der Waals surface area contributed by atoms with Crippen molar-refractivity contribution in [1.29, 1.82) is 0 Å². The molecule has 0 radical (unpaired) electrons. The van der Waals surface area contributed by atoms with E-state index in [2.05, 4.69) is 20.7 Å². The number of nitrogens with zero attached hydrogens (tertiary/aromatic N) is 2. The largest absolute Gasteiger partial charge is 0.484 e. The molecule has 0 unspecified atom stereocenters. The van der Waals surface area contributed by atoms with E-state index in [0.29, 0.717) is 28.5 Å². The van der Waals surface area contributed by atoms with Crippen molar-refractivity contribution in [2.24, 2.45) is 17.8 Å². The lowest BCUT2D eigenvalue weighted by Crippen LogP contribution is -2.48. The second-order valence-corrected chi connectivity index (χ2v) is 14.1. The molecule has 0 saturated heterocycles. The van der Waals surface area contributed by atoms with E-state index >= 15 is 0 Å². The molecule has 3 N–H and O–H groups in total. The van der Waals surface area contributed by atoms with Crippen LogP contribution >= 0.6 is 0 Å². The Labute approximate surface area is 252 Å². The minimum Gasteiger partial charge on any atom is -0.484 e. The van der Waals surface area contributed by atoms with Crippen molar-refractivity contribution in [3.63, 3.8) is 0 Å². The van der Waals surface area contributed by atoms with Crippen molar-refractivity contribution in [3.05, 3.63) is 71.7 Å². The number of rotatable bonds is 10. The Kier molecular flexibility index (Phi) is 7.10. The van der Waals surface area contributed by atoms with Crippen LogP contribution in [-0.2, 0) is 15.4 Å². The lowest BCUT2D eigenvalue weighted by Gasteiger charge is -2.55. The molecule has 2 heterocycles. The topological polar surface area (TPSA) is 122 Å². The minimum absolute atomic E-state index is 0.00405. The van der Waals surface area contributed by atoms with Crippen molar-refractivity contribution < 1.29 is 30.8 Å². The van der Waals surface area contributed by atoms with E-state index in [9.17, 15) is 21.6 Å². The summed E-state index contributed by atoms with van der Waals surface area (Å²) in [6.45, 7) is 1.68. The van der Waals surface area contributed by atoms with Crippen molar-refractivity contribution >= 4 is 27.3 Å². The fourth-order valence-electron chi connectivity index (χ4n) is 7.72. The zero-order valence-corrected chi connectivity index (χ0v) is 24.7. The van der Waals surface area contributed by atoms with E-state index in [1.807, 2.05) is 10.8 Å². The molecule has 8 rings (SSSR count). The Morgan fingerprint density at radius 2 is 1.66 bits per heavy atom. The van der Waals surface area contributed by atoms with Crippen LogP contribution in [0.4, 0.5) is 30.5 Å². The number of nitrogens with one attached hydrogen (secondary N) is 3. The first kappa shape index (κ1) is 28.8. The molecule has 4 aliphatic carbocycles. The summed E-state index contributed by atoms with van der Waals surface area (Å²) in [4.78, 5) is 0. The summed E-state index contributed by atoms with van der Waals surface area (Å²) >= 11 is 0. The van der Waals surface area contributed by atoms with Gasteiger partial charge in [0.15, 0.2) is 11.6 Å². The lowest BCUT2D eigenvalue weighted by molar-refractivity contribution is -0.0175. The number of alkyl halides is 2. The Bertz CT molecular complexity index is 1740. The molecule has 2 aromatic carbocycles. The number of sulfonamides is 1. The number of aromatic nitrogens is 3. The van der Waals surface area contributed by atoms with E-state index in [1.165, 1.54) is 55.7 Å². The summed E-state index contributed by atoms with van der Waals surface area (Å²) in [5.74, 6) is 0.261. The predicted molar refractivity (Wildman–Crippen MR) is 158 cm³/mol. The zero-order chi connectivity index (χ0) is 30.6. The van der Waals surface area contributed by atoms with Crippen LogP contribution in [0.15, 0.2) is 59.1 Å².